The Morgan fingerprint density at radius 3 is 2.55 bits per heavy atom. The number of carbonyl (C=O) groups is 1. The number of thiocarbonyl (C=S) groups is 1. The average Bonchev–Trinajstić information content (AvgIpc) is 3.12. The van der Waals surface area contributed by atoms with Crippen molar-refractivity contribution >= 4 is 46.0 Å². The van der Waals surface area contributed by atoms with Gasteiger partial charge in [-0.2, -0.15) is 5.26 Å². The van der Waals surface area contributed by atoms with Crippen LogP contribution in [0.1, 0.15) is 23.6 Å². The number of amides is 1. The first-order valence-corrected chi connectivity index (χ1v) is 11.5. The second-order valence-electron chi connectivity index (χ2n) is 7.05. The molecule has 0 bridgehead atoms. The van der Waals surface area contributed by atoms with Gasteiger partial charge in [-0.25, -0.2) is 0 Å². The fourth-order valence-electron chi connectivity index (χ4n) is 3.33. The van der Waals surface area contributed by atoms with E-state index in [1.165, 1.54) is 11.8 Å². The molecular weight excluding hydrogens is 452 g/mol. The Bertz CT molecular complexity index is 1270. The summed E-state index contributed by atoms with van der Waals surface area (Å²) in [7, 11) is 0. The van der Waals surface area contributed by atoms with Gasteiger partial charge in [0.2, 0.25) is 0 Å². The van der Waals surface area contributed by atoms with Crippen molar-refractivity contribution in [2.24, 2.45) is 0 Å². The Labute approximate surface area is 202 Å². The number of carbonyl (C=O) groups excluding carboxylic acids is 1. The van der Waals surface area contributed by atoms with Gasteiger partial charge in [-0.1, -0.05) is 66.4 Å². The number of thioether (sulfide) groups is 1. The Morgan fingerprint density at radius 1 is 1.03 bits per heavy atom. The minimum Gasteiger partial charge on any atom is -0.490 e. The van der Waals surface area contributed by atoms with Crippen LogP contribution in [0.2, 0.25) is 0 Å². The molecule has 1 saturated heterocycles. The van der Waals surface area contributed by atoms with Gasteiger partial charge in [0.15, 0.2) is 15.8 Å². The minimum absolute atomic E-state index is 0.150. The number of nitrogens with zero attached hydrogens (tertiary/aromatic N) is 2. The topological polar surface area (TPSA) is 62.6 Å². The predicted molar refractivity (Wildman–Crippen MR) is 135 cm³/mol. The molecule has 0 atom stereocenters. The Balaban J connectivity index is 1.56. The SMILES string of the molecule is CCOc1cc(C=C2SC(=S)N(c3ccccc3)C2=O)ccc1OCc1ccccc1C#N. The van der Waals surface area contributed by atoms with Crippen molar-refractivity contribution in [2.45, 2.75) is 13.5 Å². The summed E-state index contributed by atoms with van der Waals surface area (Å²) in [6.45, 7) is 2.61. The summed E-state index contributed by atoms with van der Waals surface area (Å²) in [6.07, 6.45) is 1.81. The second-order valence-corrected chi connectivity index (χ2v) is 8.73. The molecular formula is C26H20N2O3S2. The molecule has 0 saturated carbocycles. The fraction of sp³-hybridized carbons (Fsp3) is 0.115. The van der Waals surface area contributed by atoms with Crippen molar-refractivity contribution in [1.82, 2.24) is 0 Å². The lowest BCUT2D eigenvalue weighted by Crippen LogP contribution is -2.27. The summed E-state index contributed by atoms with van der Waals surface area (Å²) in [5.41, 5.74) is 2.93. The lowest BCUT2D eigenvalue weighted by Gasteiger charge is -2.14. The molecule has 0 spiro atoms. The highest BCUT2D eigenvalue weighted by Gasteiger charge is 2.33. The molecule has 0 unspecified atom stereocenters. The molecule has 33 heavy (non-hydrogen) atoms. The molecule has 0 radical (unpaired) electrons. The first kappa shape index (κ1) is 22.6. The summed E-state index contributed by atoms with van der Waals surface area (Å²) < 4.78 is 12.2. The first-order chi connectivity index (χ1) is 16.1. The number of nitriles is 1. The minimum atomic E-state index is -0.150. The van der Waals surface area contributed by atoms with Crippen molar-refractivity contribution in [3.63, 3.8) is 0 Å². The molecule has 3 aromatic carbocycles. The van der Waals surface area contributed by atoms with E-state index in [1.54, 1.807) is 17.0 Å². The molecule has 5 nitrogen and oxygen atoms in total. The van der Waals surface area contributed by atoms with Crippen molar-refractivity contribution in [3.05, 3.63) is 94.4 Å². The van der Waals surface area contributed by atoms with Gasteiger partial charge in [-0.05, 0) is 48.9 Å². The smallest absolute Gasteiger partial charge is 0.270 e. The third kappa shape index (κ3) is 5.08. The molecule has 1 fully saturated rings. The van der Waals surface area contributed by atoms with Crippen LogP contribution in [-0.4, -0.2) is 16.8 Å². The molecule has 3 aromatic rings. The van der Waals surface area contributed by atoms with Gasteiger partial charge in [-0.15, -0.1) is 0 Å². The molecule has 164 valence electrons. The molecule has 7 heteroatoms. The van der Waals surface area contributed by atoms with Gasteiger partial charge in [0.1, 0.15) is 6.61 Å². The Hall–Kier alpha value is -3.60. The normalized spacial score (nSPS) is 14.4. The van der Waals surface area contributed by atoms with E-state index < -0.39 is 0 Å². The van der Waals surface area contributed by atoms with Crippen LogP contribution in [0.25, 0.3) is 6.08 Å². The Morgan fingerprint density at radius 2 is 1.79 bits per heavy atom. The van der Waals surface area contributed by atoms with Crippen LogP contribution < -0.4 is 14.4 Å². The van der Waals surface area contributed by atoms with E-state index in [9.17, 15) is 10.1 Å². The summed E-state index contributed by atoms with van der Waals surface area (Å²) in [6, 6.07) is 24.4. The van der Waals surface area contributed by atoms with Gasteiger partial charge < -0.3 is 9.47 Å². The van der Waals surface area contributed by atoms with Crippen LogP contribution in [0.15, 0.2) is 77.7 Å². The largest absolute Gasteiger partial charge is 0.490 e. The average molecular weight is 473 g/mol. The molecule has 1 aliphatic heterocycles. The lowest BCUT2D eigenvalue weighted by molar-refractivity contribution is -0.113. The maximum atomic E-state index is 13.0. The van der Waals surface area contributed by atoms with Gasteiger partial charge in [0.05, 0.1) is 28.8 Å². The van der Waals surface area contributed by atoms with E-state index in [2.05, 4.69) is 6.07 Å². The fourth-order valence-corrected chi connectivity index (χ4v) is 4.63. The third-order valence-corrected chi connectivity index (χ3v) is 6.20. The maximum absolute atomic E-state index is 13.0. The van der Waals surface area contributed by atoms with Crippen LogP contribution >= 0.6 is 24.0 Å². The van der Waals surface area contributed by atoms with Crippen molar-refractivity contribution in [1.29, 1.82) is 5.26 Å². The van der Waals surface area contributed by atoms with Crippen LogP contribution in [0, 0.1) is 11.3 Å². The zero-order valence-corrected chi connectivity index (χ0v) is 19.5. The highest BCUT2D eigenvalue weighted by atomic mass is 32.2. The van der Waals surface area contributed by atoms with Crippen molar-refractivity contribution < 1.29 is 14.3 Å². The van der Waals surface area contributed by atoms with Gasteiger partial charge in [0, 0.05) is 5.56 Å². The van der Waals surface area contributed by atoms with E-state index in [-0.39, 0.29) is 12.5 Å². The third-order valence-electron chi connectivity index (χ3n) is 4.89. The molecule has 0 aromatic heterocycles. The maximum Gasteiger partial charge on any atom is 0.270 e. The van der Waals surface area contributed by atoms with Gasteiger partial charge in [0.25, 0.3) is 5.91 Å². The molecule has 0 aliphatic carbocycles. The summed E-state index contributed by atoms with van der Waals surface area (Å²) >= 11 is 6.71. The lowest BCUT2D eigenvalue weighted by atomic mass is 10.1. The second kappa shape index (κ2) is 10.3. The van der Waals surface area contributed by atoms with Crippen molar-refractivity contribution in [2.75, 3.05) is 11.5 Å². The Kier molecular flexibility index (Phi) is 7.08. The highest BCUT2D eigenvalue weighted by Crippen LogP contribution is 2.37. The van der Waals surface area contributed by atoms with Crippen molar-refractivity contribution in [3.8, 4) is 17.6 Å². The number of rotatable bonds is 7. The summed E-state index contributed by atoms with van der Waals surface area (Å²) in [5.74, 6) is 0.986. The van der Waals surface area contributed by atoms with E-state index >= 15 is 0 Å². The van der Waals surface area contributed by atoms with Crippen LogP contribution in [0.3, 0.4) is 0 Å². The van der Waals surface area contributed by atoms with E-state index in [0.717, 1.165) is 16.8 Å². The van der Waals surface area contributed by atoms with Gasteiger partial charge in [-0.3, -0.25) is 9.69 Å². The predicted octanol–water partition coefficient (Wildman–Crippen LogP) is 5.94. The molecule has 4 rings (SSSR count). The number of hydrogen-bond acceptors (Lipinski definition) is 6. The molecule has 1 aliphatic rings. The zero-order valence-electron chi connectivity index (χ0n) is 17.9. The van der Waals surface area contributed by atoms with Crippen LogP contribution in [-0.2, 0) is 11.4 Å². The van der Waals surface area contributed by atoms with Gasteiger partial charge >= 0.3 is 0 Å². The van der Waals surface area contributed by atoms with E-state index in [4.69, 9.17) is 21.7 Å². The highest BCUT2D eigenvalue weighted by molar-refractivity contribution is 8.27. The zero-order chi connectivity index (χ0) is 23.2. The molecule has 1 amide bonds. The summed E-state index contributed by atoms with van der Waals surface area (Å²) in [4.78, 5) is 15.1. The number of benzene rings is 3. The van der Waals surface area contributed by atoms with Crippen LogP contribution in [0.5, 0.6) is 11.5 Å². The monoisotopic (exact) mass is 472 g/mol. The van der Waals surface area contributed by atoms with Crippen LogP contribution in [0.4, 0.5) is 5.69 Å². The van der Waals surface area contributed by atoms with E-state index in [0.29, 0.717) is 32.9 Å². The number of anilines is 1. The van der Waals surface area contributed by atoms with E-state index in [1.807, 2.05) is 73.7 Å². The number of para-hydroxylation sites is 1. The molecule has 1 heterocycles. The first-order valence-electron chi connectivity index (χ1n) is 10.3. The summed E-state index contributed by atoms with van der Waals surface area (Å²) in [5, 5.41) is 9.28. The molecule has 0 N–H and O–H groups in total. The number of hydrogen-bond donors (Lipinski definition) is 0. The number of ether oxygens (including phenoxy) is 2. The quantitative estimate of drug-likeness (QED) is 0.313. The standard InChI is InChI=1S/C26H20N2O3S2/c1-2-30-23-14-18(12-13-22(23)31-17-20-9-7-6-8-19(20)16-27)15-24-25(29)28(26(32)33-24)21-10-4-3-5-11-21/h3-15H,2,17H2,1H3.